The standard InChI is InChI=1S/C18H13N3O2/c22-18(16-9-4-10-23-16)19-13-6-3-5-12(11-13)17-20-14-7-1-2-8-15(14)21-17/h1-11H,(H,19,22)(H,20,21). The first-order valence-electron chi connectivity index (χ1n) is 7.20. The van der Waals surface area contributed by atoms with Crippen molar-refractivity contribution in [1.29, 1.82) is 0 Å². The summed E-state index contributed by atoms with van der Waals surface area (Å²) < 4.78 is 5.09. The zero-order valence-corrected chi connectivity index (χ0v) is 12.1. The summed E-state index contributed by atoms with van der Waals surface area (Å²) in [6.07, 6.45) is 1.47. The minimum Gasteiger partial charge on any atom is -0.459 e. The average molecular weight is 303 g/mol. The van der Waals surface area contributed by atoms with Crippen molar-refractivity contribution in [1.82, 2.24) is 9.97 Å². The van der Waals surface area contributed by atoms with E-state index in [1.807, 2.05) is 48.5 Å². The molecule has 0 aliphatic rings. The lowest BCUT2D eigenvalue weighted by atomic mass is 10.2. The second kappa shape index (κ2) is 5.46. The molecule has 0 bridgehead atoms. The van der Waals surface area contributed by atoms with Gasteiger partial charge in [0.25, 0.3) is 5.91 Å². The predicted octanol–water partition coefficient (Wildman–Crippen LogP) is 4.08. The quantitative estimate of drug-likeness (QED) is 0.599. The van der Waals surface area contributed by atoms with Gasteiger partial charge < -0.3 is 14.7 Å². The van der Waals surface area contributed by atoms with Crippen molar-refractivity contribution in [2.24, 2.45) is 0 Å². The summed E-state index contributed by atoms with van der Waals surface area (Å²) in [6.45, 7) is 0. The van der Waals surface area contributed by atoms with E-state index in [0.29, 0.717) is 5.69 Å². The topological polar surface area (TPSA) is 70.9 Å². The molecule has 0 aliphatic heterocycles. The zero-order valence-electron chi connectivity index (χ0n) is 12.1. The summed E-state index contributed by atoms with van der Waals surface area (Å²) in [4.78, 5) is 19.9. The van der Waals surface area contributed by atoms with Gasteiger partial charge in [0.2, 0.25) is 0 Å². The number of aromatic amines is 1. The first kappa shape index (κ1) is 13.3. The van der Waals surface area contributed by atoms with Crippen molar-refractivity contribution in [3.63, 3.8) is 0 Å². The largest absolute Gasteiger partial charge is 0.459 e. The number of amides is 1. The van der Waals surface area contributed by atoms with E-state index in [-0.39, 0.29) is 11.7 Å². The average Bonchev–Trinajstić information content (AvgIpc) is 3.24. The van der Waals surface area contributed by atoms with E-state index in [0.717, 1.165) is 22.4 Å². The molecule has 23 heavy (non-hydrogen) atoms. The van der Waals surface area contributed by atoms with Crippen molar-refractivity contribution in [2.45, 2.75) is 0 Å². The number of hydrogen-bond donors (Lipinski definition) is 2. The highest BCUT2D eigenvalue weighted by molar-refractivity contribution is 6.02. The van der Waals surface area contributed by atoms with Crippen LogP contribution in [-0.2, 0) is 0 Å². The summed E-state index contributed by atoms with van der Waals surface area (Å²) in [7, 11) is 0. The summed E-state index contributed by atoms with van der Waals surface area (Å²) in [5.41, 5.74) is 3.47. The molecule has 0 fully saturated rings. The number of furan rings is 1. The van der Waals surface area contributed by atoms with Crippen LogP contribution in [0.2, 0.25) is 0 Å². The fourth-order valence-electron chi connectivity index (χ4n) is 2.43. The number of aromatic nitrogens is 2. The molecule has 2 heterocycles. The molecule has 0 unspecified atom stereocenters. The molecule has 0 spiro atoms. The van der Waals surface area contributed by atoms with Gasteiger partial charge in [-0.2, -0.15) is 0 Å². The van der Waals surface area contributed by atoms with Gasteiger partial charge >= 0.3 is 0 Å². The highest BCUT2D eigenvalue weighted by Gasteiger charge is 2.10. The van der Waals surface area contributed by atoms with Crippen molar-refractivity contribution >= 4 is 22.6 Å². The van der Waals surface area contributed by atoms with Gasteiger partial charge in [0.1, 0.15) is 5.82 Å². The molecule has 0 aliphatic carbocycles. The molecule has 4 rings (SSSR count). The van der Waals surface area contributed by atoms with Crippen molar-refractivity contribution in [3.8, 4) is 11.4 Å². The van der Waals surface area contributed by atoms with Crippen LogP contribution in [0.3, 0.4) is 0 Å². The minimum atomic E-state index is -0.281. The number of nitrogens with zero attached hydrogens (tertiary/aromatic N) is 1. The zero-order chi connectivity index (χ0) is 15.6. The molecule has 2 aromatic carbocycles. The van der Waals surface area contributed by atoms with Crippen LogP contribution in [0.5, 0.6) is 0 Å². The number of fused-ring (bicyclic) bond motifs is 1. The van der Waals surface area contributed by atoms with Crippen LogP contribution in [-0.4, -0.2) is 15.9 Å². The van der Waals surface area contributed by atoms with Crippen LogP contribution in [0, 0.1) is 0 Å². The number of carbonyl (C=O) groups is 1. The number of benzene rings is 2. The number of para-hydroxylation sites is 2. The third-order valence-corrected chi connectivity index (χ3v) is 3.53. The summed E-state index contributed by atoms with van der Waals surface area (Å²) in [5.74, 6) is 0.760. The molecule has 1 amide bonds. The van der Waals surface area contributed by atoms with E-state index < -0.39 is 0 Å². The Morgan fingerprint density at radius 1 is 1.04 bits per heavy atom. The van der Waals surface area contributed by atoms with E-state index >= 15 is 0 Å². The maximum atomic E-state index is 12.0. The molecule has 0 saturated heterocycles. The molecule has 0 saturated carbocycles. The Morgan fingerprint density at radius 2 is 1.96 bits per heavy atom. The molecular weight excluding hydrogens is 290 g/mol. The van der Waals surface area contributed by atoms with Gasteiger partial charge in [0.15, 0.2) is 5.76 Å². The third-order valence-electron chi connectivity index (χ3n) is 3.53. The van der Waals surface area contributed by atoms with Gasteiger partial charge in [0, 0.05) is 11.3 Å². The molecule has 5 heteroatoms. The van der Waals surface area contributed by atoms with Gasteiger partial charge in [0.05, 0.1) is 17.3 Å². The number of nitrogens with one attached hydrogen (secondary N) is 2. The van der Waals surface area contributed by atoms with E-state index in [2.05, 4.69) is 15.3 Å². The molecule has 2 N–H and O–H groups in total. The van der Waals surface area contributed by atoms with Crippen molar-refractivity contribution in [2.75, 3.05) is 5.32 Å². The van der Waals surface area contributed by atoms with Gasteiger partial charge in [-0.3, -0.25) is 4.79 Å². The molecule has 4 aromatic rings. The molecule has 2 aromatic heterocycles. The lowest BCUT2D eigenvalue weighted by Crippen LogP contribution is -2.10. The van der Waals surface area contributed by atoms with Crippen molar-refractivity contribution < 1.29 is 9.21 Å². The summed E-state index contributed by atoms with van der Waals surface area (Å²) >= 11 is 0. The molecular formula is C18H13N3O2. The fourth-order valence-corrected chi connectivity index (χ4v) is 2.43. The first-order valence-corrected chi connectivity index (χ1v) is 7.20. The van der Waals surface area contributed by atoms with Gasteiger partial charge in [-0.15, -0.1) is 0 Å². The second-order valence-electron chi connectivity index (χ2n) is 5.11. The van der Waals surface area contributed by atoms with Crippen LogP contribution < -0.4 is 5.32 Å². The van der Waals surface area contributed by atoms with E-state index in [1.54, 1.807) is 12.1 Å². The molecule has 0 radical (unpaired) electrons. The van der Waals surface area contributed by atoms with Gasteiger partial charge in [-0.05, 0) is 36.4 Å². The number of anilines is 1. The normalized spacial score (nSPS) is 10.8. The molecule has 0 atom stereocenters. The summed E-state index contributed by atoms with van der Waals surface area (Å²) in [5, 5.41) is 2.81. The Balaban J connectivity index is 1.64. The van der Waals surface area contributed by atoms with Crippen LogP contribution in [0.15, 0.2) is 71.3 Å². The fraction of sp³-hybridized carbons (Fsp3) is 0. The van der Waals surface area contributed by atoms with Crippen LogP contribution in [0.4, 0.5) is 5.69 Å². The van der Waals surface area contributed by atoms with Crippen LogP contribution in [0.1, 0.15) is 10.6 Å². The Labute approximate surface area is 132 Å². The third kappa shape index (κ3) is 2.60. The predicted molar refractivity (Wildman–Crippen MR) is 88.2 cm³/mol. The maximum Gasteiger partial charge on any atom is 0.291 e. The Kier molecular flexibility index (Phi) is 3.16. The number of carbonyl (C=O) groups excluding carboxylic acids is 1. The Hall–Kier alpha value is -3.34. The number of H-pyrrole nitrogens is 1. The first-order chi connectivity index (χ1) is 11.3. The molecule has 5 nitrogen and oxygen atoms in total. The highest BCUT2D eigenvalue weighted by Crippen LogP contribution is 2.23. The van der Waals surface area contributed by atoms with Gasteiger partial charge in [-0.25, -0.2) is 4.98 Å². The Morgan fingerprint density at radius 3 is 2.78 bits per heavy atom. The monoisotopic (exact) mass is 303 g/mol. The smallest absolute Gasteiger partial charge is 0.291 e. The SMILES string of the molecule is O=C(Nc1cccc(-c2nc3ccccc3[nH]2)c1)c1ccco1. The lowest BCUT2D eigenvalue weighted by molar-refractivity contribution is 0.0996. The van der Waals surface area contributed by atoms with E-state index in [4.69, 9.17) is 4.42 Å². The molecule has 112 valence electrons. The Bertz CT molecular complexity index is 938. The van der Waals surface area contributed by atoms with Crippen LogP contribution in [0.25, 0.3) is 22.4 Å². The minimum absolute atomic E-state index is 0.277. The number of imidazole rings is 1. The van der Waals surface area contributed by atoms with E-state index in [1.165, 1.54) is 6.26 Å². The van der Waals surface area contributed by atoms with E-state index in [9.17, 15) is 4.79 Å². The highest BCUT2D eigenvalue weighted by atomic mass is 16.3. The number of rotatable bonds is 3. The maximum absolute atomic E-state index is 12.0. The second-order valence-corrected chi connectivity index (χ2v) is 5.11. The van der Waals surface area contributed by atoms with Gasteiger partial charge in [-0.1, -0.05) is 24.3 Å². The number of hydrogen-bond acceptors (Lipinski definition) is 3. The lowest BCUT2D eigenvalue weighted by Gasteiger charge is -2.04. The summed E-state index contributed by atoms with van der Waals surface area (Å²) in [6, 6.07) is 18.7. The van der Waals surface area contributed by atoms with Crippen molar-refractivity contribution in [3.05, 3.63) is 72.7 Å². The van der Waals surface area contributed by atoms with Crippen LogP contribution >= 0.6 is 0 Å².